The fraction of sp³-hybridized carbons (Fsp3) is 0.846. The molecular formula is C13H27BSi. The molecule has 0 atom stereocenters. The molecule has 2 heteroatoms. The SMILES string of the molecule is CC/C=C(\CB(CC)CC)[Si]C(C)(C)C. The van der Waals surface area contributed by atoms with E-state index in [4.69, 9.17) is 0 Å². The lowest BCUT2D eigenvalue weighted by molar-refractivity contribution is 0.755. The van der Waals surface area contributed by atoms with Crippen molar-refractivity contribution in [2.45, 2.75) is 72.0 Å². The van der Waals surface area contributed by atoms with Gasteiger partial charge in [0.15, 0.2) is 0 Å². The maximum atomic E-state index is 2.46. The van der Waals surface area contributed by atoms with Crippen LogP contribution in [0.15, 0.2) is 11.3 Å². The van der Waals surface area contributed by atoms with Gasteiger partial charge in [0.1, 0.15) is 6.71 Å². The summed E-state index contributed by atoms with van der Waals surface area (Å²) < 4.78 is 0. The normalized spacial score (nSPS) is 13.1. The maximum Gasteiger partial charge on any atom is 0.143 e. The second-order valence-corrected chi connectivity index (χ2v) is 7.79. The minimum absolute atomic E-state index is 0.465. The molecule has 0 nitrogen and oxygen atoms in total. The highest BCUT2D eigenvalue weighted by molar-refractivity contribution is 6.63. The van der Waals surface area contributed by atoms with Gasteiger partial charge >= 0.3 is 0 Å². The van der Waals surface area contributed by atoms with Crippen LogP contribution in [0.4, 0.5) is 0 Å². The molecule has 0 saturated heterocycles. The van der Waals surface area contributed by atoms with Crippen molar-refractivity contribution in [3.8, 4) is 0 Å². The van der Waals surface area contributed by atoms with E-state index >= 15 is 0 Å². The van der Waals surface area contributed by atoms with Gasteiger partial charge in [-0.2, -0.15) is 0 Å². The fourth-order valence-corrected chi connectivity index (χ4v) is 3.46. The van der Waals surface area contributed by atoms with Crippen molar-refractivity contribution in [2.75, 3.05) is 0 Å². The lowest BCUT2D eigenvalue weighted by atomic mass is 9.43. The largest absolute Gasteiger partial charge is 0.143 e. The first kappa shape index (κ1) is 15.0. The van der Waals surface area contributed by atoms with Crippen LogP contribution >= 0.6 is 0 Å². The molecule has 0 fully saturated rings. The summed E-state index contributed by atoms with van der Waals surface area (Å²) in [5, 5.41) is 2.17. The second-order valence-electron chi connectivity index (χ2n) is 5.40. The molecule has 0 heterocycles. The van der Waals surface area contributed by atoms with E-state index in [9.17, 15) is 0 Å². The Balaban J connectivity index is 4.35. The highest BCUT2D eigenvalue weighted by atomic mass is 28.2. The minimum Gasteiger partial charge on any atom is -0.0956 e. The molecular weight excluding hydrogens is 195 g/mol. The Kier molecular flexibility index (Phi) is 7.33. The Morgan fingerprint density at radius 1 is 1.13 bits per heavy atom. The molecule has 15 heavy (non-hydrogen) atoms. The molecule has 0 spiro atoms. The Hall–Kier alpha value is 0.0218. The average molecular weight is 222 g/mol. The summed E-state index contributed by atoms with van der Waals surface area (Å²) in [7, 11) is 0.999. The molecule has 86 valence electrons. The molecule has 0 aliphatic heterocycles. The van der Waals surface area contributed by atoms with Crippen LogP contribution < -0.4 is 0 Å². The molecule has 0 bridgehead atoms. The molecule has 2 radical (unpaired) electrons. The molecule has 0 saturated carbocycles. The van der Waals surface area contributed by atoms with Crippen LogP contribution in [0.2, 0.25) is 24.0 Å². The third kappa shape index (κ3) is 7.89. The zero-order chi connectivity index (χ0) is 11.9. The van der Waals surface area contributed by atoms with Gasteiger partial charge in [0, 0.05) is 0 Å². The quantitative estimate of drug-likeness (QED) is 0.569. The molecule has 0 amide bonds. The molecule has 0 unspecified atom stereocenters. The predicted octanol–water partition coefficient (Wildman–Crippen LogP) is 4.74. The number of rotatable bonds is 6. The van der Waals surface area contributed by atoms with Gasteiger partial charge in [0.2, 0.25) is 0 Å². The fourth-order valence-electron chi connectivity index (χ4n) is 1.80. The summed E-state index contributed by atoms with van der Waals surface area (Å²) >= 11 is 0. The first-order valence-electron chi connectivity index (χ1n) is 6.40. The number of allylic oxidation sites excluding steroid dienone is 2. The summed E-state index contributed by atoms with van der Waals surface area (Å²) in [5.41, 5.74) is 0. The zero-order valence-electron chi connectivity index (χ0n) is 11.5. The third-order valence-corrected chi connectivity index (χ3v) is 4.13. The minimum atomic E-state index is 0.465. The van der Waals surface area contributed by atoms with E-state index in [0.29, 0.717) is 5.04 Å². The van der Waals surface area contributed by atoms with Crippen LogP contribution in [0.25, 0.3) is 0 Å². The van der Waals surface area contributed by atoms with Crippen molar-refractivity contribution in [2.24, 2.45) is 0 Å². The first-order valence-corrected chi connectivity index (χ1v) is 7.40. The monoisotopic (exact) mass is 222 g/mol. The molecule has 0 aromatic carbocycles. The smallest absolute Gasteiger partial charge is 0.0956 e. The Bertz CT molecular complexity index is 187. The summed E-state index contributed by atoms with van der Waals surface area (Å²) in [4.78, 5) is 0. The van der Waals surface area contributed by atoms with E-state index in [1.807, 2.05) is 0 Å². The summed E-state index contributed by atoms with van der Waals surface area (Å²) in [5.74, 6) is 0. The van der Waals surface area contributed by atoms with Gasteiger partial charge in [-0.25, -0.2) is 0 Å². The van der Waals surface area contributed by atoms with E-state index in [1.54, 1.807) is 5.20 Å². The van der Waals surface area contributed by atoms with E-state index in [2.05, 4.69) is 47.6 Å². The Labute approximate surface area is 99.8 Å². The van der Waals surface area contributed by atoms with Crippen LogP contribution in [0, 0.1) is 0 Å². The molecule has 0 N–H and O–H groups in total. The summed E-state index contributed by atoms with van der Waals surface area (Å²) in [6.45, 7) is 14.8. The Morgan fingerprint density at radius 3 is 2.00 bits per heavy atom. The van der Waals surface area contributed by atoms with E-state index in [-0.39, 0.29) is 0 Å². The van der Waals surface area contributed by atoms with Crippen molar-refractivity contribution in [3.05, 3.63) is 11.3 Å². The van der Waals surface area contributed by atoms with Crippen LogP contribution in [0.1, 0.15) is 48.0 Å². The van der Waals surface area contributed by atoms with E-state index in [0.717, 1.165) is 16.2 Å². The number of hydrogen-bond acceptors (Lipinski definition) is 0. The highest BCUT2D eigenvalue weighted by Crippen LogP contribution is 2.26. The van der Waals surface area contributed by atoms with Gasteiger partial charge in [-0.3, -0.25) is 0 Å². The van der Waals surface area contributed by atoms with Crippen LogP contribution in [-0.2, 0) is 0 Å². The molecule has 0 rings (SSSR count). The van der Waals surface area contributed by atoms with E-state index < -0.39 is 0 Å². The topological polar surface area (TPSA) is 0 Å². The third-order valence-electron chi connectivity index (χ3n) is 2.65. The standard InChI is InChI=1S/C13H27BSi/c1-7-10-12(15-13(4,5)6)11-14(8-2)9-3/h10H,7-9,11H2,1-6H3/b12-10+. The van der Waals surface area contributed by atoms with Crippen LogP contribution in [0.3, 0.4) is 0 Å². The predicted molar refractivity (Wildman–Crippen MR) is 75.4 cm³/mol. The maximum absolute atomic E-state index is 2.46. The lowest BCUT2D eigenvalue weighted by Crippen LogP contribution is -2.17. The van der Waals surface area contributed by atoms with Crippen LogP contribution in [-0.4, -0.2) is 16.2 Å². The van der Waals surface area contributed by atoms with E-state index in [1.165, 1.54) is 25.4 Å². The molecule has 0 aliphatic carbocycles. The highest BCUT2D eigenvalue weighted by Gasteiger charge is 2.17. The van der Waals surface area contributed by atoms with Crippen molar-refractivity contribution in [1.82, 2.24) is 0 Å². The summed E-state index contributed by atoms with van der Waals surface area (Å²) in [6.07, 6.45) is 7.63. The van der Waals surface area contributed by atoms with Crippen LogP contribution in [0.5, 0.6) is 0 Å². The van der Waals surface area contributed by atoms with Crippen molar-refractivity contribution in [3.63, 3.8) is 0 Å². The van der Waals surface area contributed by atoms with Crippen molar-refractivity contribution in [1.29, 1.82) is 0 Å². The molecule has 0 aromatic heterocycles. The lowest BCUT2D eigenvalue weighted by Gasteiger charge is -2.21. The van der Waals surface area contributed by atoms with Gasteiger partial charge < -0.3 is 0 Å². The van der Waals surface area contributed by atoms with Gasteiger partial charge in [0.25, 0.3) is 0 Å². The zero-order valence-corrected chi connectivity index (χ0v) is 12.5. The van der Waals surface area contributed by atoms with Crippen molar-refractivity contribution >= 4 is 16.2 Å². The molecule has 0 aliphatic rings. The molecule has 0 aromatic rings. The summed E-state index contributed by atoms with van der Waals surface area (Å²) in [6, 6.07) is 0. The first-order chi connectivity index (χ1) is 6.92. The number of hydrogen-bond donors (Lipinski definition) is 0. The second kappa shape index (κ2) is 7.32. The van der Waals surface area contributed by atoms with Crippen molar-refractivity contribution < 1.29 is 0 Å². The Morgan fingerprint density at radius 2 is 1.67 bits per heavy atom. The average Bonchev–Trinajstić information content (AvgIpc) is 2.11. The van der Waals surface area contributed by atoms with Gasteiger partial charge in [-0.15, -0.1) is 0 Å². The van der Waals surface area contributed by atoms with Gasteiger partial charge in [-0.05, 0) is 11.5 Å². The van der Waals surface area contributed by atoms with Gasteiger partial charge in [-0.1, -0.05) is 71.8 Å². The van der Waals surface area contributed by atoms with Gasteiger partial charge in [0.05, 0.1) is 9.52 Å².